The maximum atomic E-state index is 12.0. The molecular formula is C11H13N3O3. The van der Waals surface area contributed by atoms with Crippen molar-refractivity contribution in [1.82, 2.24) is 14.2 Å². The van der Waals surface area contributed by atoms with Gasteiger partial charge in [0.1, 0.15) is 11.3 Å². The number of aromatic nitrogens is 3. The van der Waals surface area contributed by atoms with E-state index in [0.29, 0.717) is 17.8 Å². The Morgan fingerprint density at radius 2 is 2.29 bits per heavy atom. The van der Waals surface area contributed by atoms with Crippen molar-refractivity contribution in [2.75, 3.05) is 0 Å². The third kappa shape index (κ3) is 1.71. The van der Waals surface area contributed by atoms with E-state index in [9.17, 15) is 9.59 Å². The molecule has 0 aliphatic heterocycles. The average molecular weight is 235 g/mol. The number of hydrogen-bond acceptors (Lipinski definition) is 3. The predicted octanol–water partition coefficient (Wildman–Crippen LogP) is 0.704. The normalized spacial score (nSPS) is 12.8. The van der Waals surface area contributed by atoms with Gasteiger partial charge in [0.15, 0.2) is 6.04 Å². The molecule has 0 aliphatic rings. The van der Waals surface area contributed by atoms with Gasteiger partial charge < -0.3 is 5.11 Å². The first-order chi connectivity index (χ1) is 8.06. The Hall–Kier alpha value is -2.11. The van der Waals surface area contributed by atoms with Crippen molar-refractivity contribution < 1.29 is 9.90 Å². The highest BCUT2D eigenvalue weighted by Gasteiger charge is 2.18. The highest BCUT2D eigenvalue weighted by Crippen LogP contribution is 2.06. The van der Waals surface area contributed by atoms with Gasteiger partial charge in [0.2, 0.25) is 0 Å². The molecule has 6 nitrogen and oxygen atoms in total. The summed E-state index contributed by atoms with van der Waals surface area (Å²) in [4.78, 5) is 22.9. The Kier molecular flexibility index (Phi) is 2.71. The summed E-state index contributed by atoms with van der Waals surface area (Å²) in [7, 11) is 0. The van der Waals surface area contributed by atoms with Crippen molar-refractivity contribution in [1.29, 1.82) is 0 Å². The Morgan fingerprint density at radius 1 is 1.59 bits per heavy atom. The van der Waals surface area contributed by atoms with Crippen LogP contribution in [0, 0.1) is 0 Å². The Bertz CT molecular complexity index is 626. The van der Waals surface area contributed by atoms with Crippen LogP contribution in [0.5, 0.6) is 0 Å². The van der Waals surface area contributed by atoms with Gasteiger partial charge in [-0.25, -0.2) is 9.48 Å². The first-order valence-electron chi connectivity index (χ1n) is 5.37. The number of rotatable bonds is 3. The highest BCUT2D eigenvalue weighted by atomic mass is 16.4. The van der Waals surface area contributed by atoms with Crippen LogP contribution in [0.15, 0.2) is 23.1 Å². The van der Waals surface area contributed by atoms with Crippen molar-refractivity contribution in [3.8, 4) is 0 Å². The Morgan fingerprint density at radius 3 is 2.88 bits per heavy atom. The minimum Gasteiger partial charge on any atom is -0.480 e. The molecule has 0 saturated carbocycles. The number of aliphatic carboxylic acids is 1. The molecule has 2 rings (SSSR count). The number of carbonyl (C=O) groups is 1. The Labute approximate surface area is 97.1 Å². The largest absolute Gasteiger partial charge is 0.480 e. The zero-order valence-electron chi connectivity index (χ0n) is 9.62. The number of aryl methyl sites for hydroxylation is 1. The maximum absolute atomic E-state index is 12.0. The molecule has 2 aromatic heterocycles. The molecule has 17 heavy (non-hydrogen) atoms. The second-order valence-electron chi connectivity index (χ2n) is 3.80. The van der Waals surface area contributed by atoms with Gasteiger partial charge in [0.05, 0.1) is 0 Å². The molecule has 0 amide bonds. The molecule has 2 heterocycles. The third-order valence-electron chi connectivity index (χ3n) is 2.72. The first kappa shape index (κ1) is 11.4. The number of hydrogen-bond donors (Lipinski definition) is 1. The fraction of sp³-hybridized carbons (Fsp3) is 0.364. The van der Waals surface area contributed by atoms with Crippen molar-refractivity contribution in [2.24, 2.45) is 0 Å². The van der Waals surface area contributed by atoms with Gasteiger partial charge >= 0.3 is 5.97 Å². The molecule has 0 spiro atoms. The van der Waals surface area contributed by atoms with Crippen LogP contribution in [-0.4, -0.2) is 25.3 Å². The van der Waals surface area contributed by atoms with Gasteiger partial charge in [0, 0.05) is 12.6 Å². The molecule has 90 valence electrons. The molecule has 0 saturated heterocycles. The standard InChI is InChI=1S/C11H13N3O3/c1-3-9-12-14(7(2)11(16)17)10(15)8-5-4-6-13(8)9/h4-7H,3H2,1-2H3,(H,16,17). The molecule has 0 radical (unpaired) electrons. The molecule has 1 unspecified atom stereocenters. The number of carboxylic acids is 1. The summed E-state index contributed by atoms with van der Waals surface area (Å²) in [5, 5.41) is 13.0. The van der Waals surface area contributed by atoms with Gasteiger partial charge in [-0.2, -0.15) is 5.10 Å². The van der Waals surface area contributed by atoms with E-state index in [1.54, 1.807) is 22.7 Å². The predicted molar refractivity (Wildman–Crippen MR) is 61.2 cm³/mol. The van der Waals surface area contributed by atoms with Crippen LogP contribution in [-0.2, 0) is 11.2 Å². The van der Waals surface area contributed by atoms with Crippen LogP contribution >= 0.6 is 0 Å². The monoisotopic (exact) mass is 235 g/mol. The summed E-state index contributed by atoms with van der Waals surface area (Å²) in [5.41, 5.74) is 0.0621. The van der Waals surface area contributed by atoms with E-state index in [1.807, 2.05) is 6.92 Å². The molecule has 0 aliphatic carbocycles. The van der Waals surface area contributed by atoms with E-state index < -0.39 is 12.0 Å². The number of fused-ring (bicyclic) bond motifs is 1. The summed E-state index contributed by atoms with van der Waals surface area (Å²) < 4.78 is 2.71. The molecule has 0 aromatic carbocycles. The third-order valence-corrected chi connectivity index (χ3v) is 2.72. The molecule has 1 N–H and O–H groups in total. The summed E-state index contributed by atoms with van der Waals surface area (Å²) in [6, 6.07) is 2.44. The van der Waals surface area contributed by atoms with E-state index in [4.69, 9.17) is 5.11 Å². The van der Waals surface area contributed by atoms with Gasteiger partial charge in [-0.3, -0.25) is 9.20 Å². The number of nitrogens with zero attached hydrogens (tertiary/aromatic N) is 3. The van der Waals surface area contributed by atoms with Crippen LogP contribution < -0.4 is 5.56 Å². The van der Waals surface area contributed by atoms with Crippen LogP contribution in [0.25, 0.3) is 5.52 Å². The summed E-state index contributed by atoms with van der Waals surface area (Å²) in [6.45, 7) is 3.34. The van der Waals surface area contributed by atoms with Gasteiger partial charge in [-0.1, -0.05) is 6.92 Å². The molecule has 2 aromatic rings. The fourth-order valence-electron chi connectivity index (χ4n) is 1.72. The topological polar surface area (TPSA) is 76.6 Å². The smallest absolute Gasteiger partial charge is 0.328 e. The van der Waals surface area contributed by atoms with Gasteiger partial charge in [-0.05, 0) is 19.1 Å². The lowest BCUT2D eigenvalue weighted by Crippen LogP contribution is -2.32. The maximum Gasteiger partial charge on any atom is 0.328 e. The van der Waals surface area contributed by atoms with Crippen molar-refractivity contribution in [2.45, 2.75) is 26.3 Å². The van der Waals surface area contributed by atoms with Gasteiger partial charge in [0.25, 0.3) is 5.56 Å². The molecule has 0 fully saturated rings. The van der Waals surface area contributed by atoms with Gasteiger partial charge in [-0.15, -0.1) is 0 Å². The van der Waals surface area contributed by atoms with E-state index in [1.165, 1.54) is 6.92 Å². The number of carboxylic acid groups (broad SMARTS) is 1. The SMILES string of the molecule is CCc1nn(C(C)C(=O)O)c(=O)c2cccn12. The highest BCUT2D eigenvalue weighted by molar-refractivity contribution is 5.71. The summed E-state index contributed by atoms with van der Waals surface area (Å²) >= 11 is 0. The van der Waals surface area contributed by atoms with Crippen LogP contribution in [0.3, 0.4) is 0 Å². The lowest BCUT2D eigenvalue weighted by molar-refractivity contribution is -0.140. The van der Waals surface area contributed by atoms with Crippen molar-refractivity contribution in [3.05, 3.63) is 34.5 Å². The quantitative estimate of drug-likeness (QED) is 0.849. The summed E-state index contributed by atoms with van der Waals surface area (Å²) in [6.07, 6.45) is 2.37. The molecule has 6 heteroatoms. The van der Waals surface area contributed by atoms with E-state index in [-0.39, 0.29) is 5.56 Å². The zero-order chi connectivity index (χ0) is 12.6. The molecular weight excluding hydrogens is 222 g/mol. The first-order valence-corrected chi connectivity index (χ1v) is 5.37. The van der Waals surface area contributed by atoms with Crippen molar-refractivity contribution >= 4 is 11.5 Å². The second-order valence-corrected chi connectivity index (χ2v) is 3.80. The minimum atomic E-state index is -1.07. The minimum absolute atomic E-state index is 0.387. The Balaban J connectivity index is 2.76. The summed E-state index contributed by atoms with van der Waals surface area (Å²) in [5.74, 6) is -0.407. The fourth-order valence-corrected chi connectivity index (χ4v) is 1.72. The zero-order valence-corrected chi connectivity index (χ0v) is 9.62. The van der Waals surface area contributed by atoms with E-state index in [2.05, 4.69) is 5.10 Å². The van der Waals surface area contributed by atoms with Crippen LogP contribution in [0.1, 0.15) is 25.7 Å². The molecule has 1 atom stereocenters. The lowest BCUT2D eigenvalue weighted by atomic mass is 10.3. The second kappa shape index (κ2) is 4.04. The van der Waals surface area contributed by atoms with Crippen LogP contribution in [0.2, 0.25) is 0 Å². The van der Waals surface area contributed by atoms with E-state index in [0.717, 1.165) is 4.68 Å². The van der Waals surface area contributed by atoms with E-state index >= 15 is 0 Å². The van der Waals surface area contributed by atoms with Crippen LogP contribution in [0.4, 0.5) is 0 Å². The lowest BCUT2D eigenvalue weighted by Gasteiger charge is -2.12. The van der Waals surface area contributed by atoms with Crippen molar-refractivity contribution in [3.63, 3.8) is 0 Å². The average Bonchev–Trinajstić information content (AvgIpc) is 2.78. The molecule has 0 bridgehead atoms.